The van der Waals surface area contributed by atoms with E-state index >= 15 is 0 Å². The maximum atomic E-state index is 12.1. The molecule has 2 N–H and O–H groups in total. The van der Waals surface area contributed by atoms with Crippen molar-refractivity contribution in [1.29, 1.82) is 0 Å². The zero-order valence-electron chi connectivity index (χ0n) is 14.1. The van der Waals surface area contributed by atoms with E-state index in [0.29, 0.717) is 6.54 Å². The molecule has 1 heterocycles. The van der Waals surface area contributed by atoms with Crippen molar-refractivity contribution >= 4 is 23.4 Å². The summed E-state index contributed by atoms with van der Waals surface area (Å²) in [5.74, 6) is 0.135. The molecule has 0 aromatic heterocycles. The lowest BCUT2D eigenvalue weighted by atomic mass is 10.1. The van der Waals surface area contributed by atoms with Gasteiger partial charge in [0.1, 0.15) is 0 Å². The molecule has 5 heteroatoms. The molecule has 0 spiro atoms. The van der Waals surface area contributed by atoms with Crippen LogP contribution in [0.4, 0.5) is 5.69 Å². The first-order chi connectivity index (χ1) is 11.7. The predicted octanol–water partition coefficient (Wildman–Crippen LogP) is 2.80. The molecule has 0 bridgehead atoms. The molecule has 2 aromatic rings. The second kappa shape index (κ2) is 7.83. The molecule has 126 valence electrons. The van der Waals surface area contributed by atoms with Crippen LogP contribution in [0.3, 0.4) is 0 Å². The molecule has 4 nitrogen and oxygen atoms in total. The fourth-order valence-electron chi connectivity index (χ4n) is 2.77. The van der Waals surface area contributed by atoms with Gasteiger partial charge < -0.3 is 15.5 Å². The van der Waals surface area contributed by atoms with Crippen LogP contribution < -0.4 is 15.5 Å². The zero-order chi connectivity index (χ0) is 16.9. The number of amides is 1. The number of hydrogen-bond donors (Lipinski definition) is 2. The number of anilines is 1. The third kappa shape index (κ3) is 3.98. The molecule has 1 amide bonds. The summed E-state index contributed by atoms with van der Waals surface area (Å²) in [6.07, 6.45) is 0. The van der Waals surface area contributed by atoms with Crippen molar-refractivity contribution in [3.63, 3.8) is 0 Å². The Bertz CT molecular complexity index is 715. The van der Waals surface area contributed by atoms with Gasteiger partial charge in [0.05, 0.1) is 6.54 Å². The summed E-state index contributed by atoms with van der Waals surface area (Å²) < 4.78 is 0. The number of piperazine rings is 1. The molecule has 1 fully saturated rings. The largest absolute Gasteiger partial charge is 0.316 e. The van der Waals surface area contributed by atoms with Gasteiger partial charge in [-0.15, -0.1) is 0 Å². The summed E-state index contributed by atoms with van der Waals surface area (Å²) >= 11 is 1.76. The highest BCUT2D eigenvalue weighted by Gasteiger charge is 2.20. The lowest BCUT2D eigenvalue weighted by molar-refractivity contribution is -0.118. The van der Waals surface area contributed by atoms with E-state index in [4.69, 9.17) is 0 Å². The first kappa shape index (κ1) is 17.0. The predicted molar refractivity (Wildman–Crippen MR) is 99.7 cm³/mol. The van der Waals surface area contributed by atoms with Gasteiger partial charge in [0.2, 0.25) is 5.91 Å². The minimum absolute atomic E-state index is 0.135. The Balaban J connectivity index is 1.86. The maximum absolute atomic E-state index is 12.1. The molecule has 1 saturated heterocycles. The number of benzene rings is 2. The number of aryl methyl sites for hydroxylation is 1. The minimum atomic E-state index is 0.135. The van der Waals surface area contributed by atoms with Gasteiger partial charge >= 0.3 is 0 Å². The lowest BCUT2D eigenvalue weighted by Crippen LogP contribution is -2.48. The van der Waals surface area contributed by atoms with E-state index in [1.54, 1.807) is 11.8 Å². The normalized spacial score (nSPS) is 14.9. The van der Waals surface area contributed by atoms with Crippen LogP contribution in [-0.2, 0) is 11.3 Å². The highest BCUT2D eigenvalue weighted by atomic mass is 32.2. The van der Waals surface area contributed by atoms with Crippen LogP contribution in [0.5, 0.6) is 0 Å². The first-order valence-corrected chi connectivity index (χ1v) is 9.02. The maximum Gasteiger partial charge on any atom is 0.240 e. The van der Waals surface area contributed by atoms with Crippen LogP contribution in [0.1, 0.15) is 11.1 Å². The Labute approximate surface area is 147 Å². The second-order valence-corrected chi connectivity index (χ2v) is 7.07. The molecular weight excluding hydrogens is 318 g/mol. The van der Waals surface area contributed by atoms with Crippen LogP contribution in [0, 0.1) is 6.92 Å². The smallest absolute Gasteiger partial charge is 0.240 e. The fourth-order valence-corrected chi connectivity index (χ4v) is 3.70. The third-order valence-corrected chi connectivity index (χ3v) is 5.19. The first-order valence-electron chi connectivity index (χ1n) is 8.20. The molecule has 0 saturated carbocycles. The molecule has 24 heavy (non-hydrogen) atoms. The monoisotopic (exact) mass is 341 g/mol. The number of carbonyl (C=O) groups is 1. The Morgan fingerprint density at radius 3 is 2.71 bits per heavy atom. The van der Waals surface area contributed by atoms with Crippen LogP contribution in [0.25, 0.3) is 0 Å². The van der Waals surface area contributed by atoms with Crippen molar-refractivity contribution in [2.75, 3.05) is 31.6 Å². The molecule has 1 aliphatic heterocycles. The second-order valence-electron chi connectivity index (χ2n) is 5.96. The average Bonchev–Trinajstić information content (AvgIpc) is 2.59. The summed E-state index contributed by atoms with van der Waals surface area (Å²) in [5, 5.41) is 6.35. The summed E-state index contributed by atoms with van der Waals surface area (Å²) in [7, 11) is 1.95. The SMILES string of the molecule is CNCc1cc(N2CCNCC2=O)ccc1Sc1ccc(C)cc1. The summed E-state index contributed by atoms with van der Waals surface area (Å²) in [6, 6.07) is 14.9. The Hall–Kier alpha value is -1.82. The average molecular weight is 341 g/mol. The van der Waals surface area contributed by atoms with Gasteiger partial charge in [-0.25, -0.2) is 0 Å². The zero-order valence-corrected chi connectivity index (χ0v) is 15.0. The highest BCUT2D eigenvalue weighted by molar-refractivity contribution is 7.99. The minimum Gasteiger partial charge on any atom is -0.316 e. The number of carbonyl (C=O) groups excluding carboxylic acids is 1. The van der Waals surface area contributed by atoms with E-state index in [9.17, 15) is 4.79 Å². The van der Waals surface area contributed by atoms with Gasteiger partial charge in [-0.05, 0) is 49.9 Å². The van der Waals surface area contributed by atoms with Crippen molar-refractivity contribution < 1.29 is 4.79 Å². The number of nitrogens with zero attached hydrogens (tertiary/aromatic N) is 1. The molecule has 0 radical (unpaired) electrons. The van der Waals surface area contributed by atoms with E-state index in [1.807, 2.05) is 11.9 Å². The van der Waals surface area contributed by atoms with Crippen LogP contribution in [-0.4, -0.2) is 32.6 Å². The fraction of sp³-hybridized carbons (Fsp3) is 0.316. The van der Waals surface area contributed by atoms with Crippen molar-refractivity contribution in [1.82, 2.24) is 10.6 Å². The molecule has 2 aromatic carbocycles. The van der Waals surface area contributed by atoms with E-state index in [2.05, 4.69) is 60.0 Å². The number of nitrogens with one attached hydrogen (secondary N) is 2. The van der Waals surface area contributed by atoms with Gasteiger partial charge in [0, 0.05) is 35.1 Å². The Morgan fingerprint density at radius 1 is 1.21 bits per heavy atom. The van der Waals surface area contributed by atoms with Gasteiger partial charge in [-0.3, -0.25) is 4.79 Å². The number of hydrogen-bond acceptors (Lipinski definition) is 4. The summed E-state index contributed by atoms with van der Waals surface area (Å²) in [5.41, 5.74) is 3.47. The van der Waals surface area contributed by atoms with Crippen molar-refractivity contribution in [3.8, 4) is 0 Å². The van der Waals surface area contributed by atoms with Gasteiger partial charge in [0.25, 0.3) is 0 Å². The van der Waals surface area contributed by atoms with Gasteiger partial charge in [0.15, 0.2) is 0 Å². The molecule has 0 atom stereocenters. The van der Waals surface area contributed by atoms with Crippen molar-refractivity contribution in [2.45, 2.75) is 23.3 Å². The Kier molecular flexibility index (Phi) is 5.56. The topological polar surface area (TPSA) is 44.4 Å². The lowest BCUT2D eigenvalue weighted by Gasteiger charge is -2.28. The highest BCUT2D eigenvalue weighted by Crippen LogP contribution is 2.33. The molecule has 1 aliphatic rings. The molecular formula is C19H23N3OS. The van der Waals surface area contributed by atoms with Crippen molar-refractivity contribution in [3.05, 3.63) is 53.6 Å². The summed E-state index contributed by atoms with van der Waals surface area (Å²) in [6.45, 7) is 4.86. The van der Waals surface area contributed by atoms with Crippen LogP contribution >= 0.6 is 11.8 Å². The third-order valence-electron chi connectivity index (χ3n) is 4.06. The van der Waals surface area contributed by atoms with Gasteiger partial charge in [-0.1, -0.05) is 29.5 Å². The van der Waals surface area contributed by atoms with E-state index in [1.165, 1.54) is 20.9 Å². The molecule has 0 aliphatic carbocycles. The van der Waals surface area contributed by atoms with Crippen molar-refractivity contribution in [2.24, 2.45) is 0 Å². The summed E-state index contributed by atoms with van der Waals surface area (Å²) in [4.78, 5) is 16.4. The van der Waals surface area contributed by atoms with E-state index in [0.717, 1.165) is 25.3 Å². The number of rotatable bonds is 5. The van der Waals surface area contributed by atoms with Gasteiger partial charge in [-0.2, -0.15) is 0 Å². The molecule has 0 unspecified atom stereocenters. The van der Waals surface area contributed by atoms with E-state index in [-0.39, 0.29) is 5.91 Å². The quantitative estimate of drug-likeness (QED) is 0.878. The Morgan fingerprint density at radius 2 is 2.00 bits per heavy atom. The van der Waals surface area contributed by atoms with E-state index < -0.39 is 0 Å². The van der Waals surface area contributed by atoms with Crippen LogP contribution in [0.2, 0.25) is 0 Å². The van der Waals surface area contributed by atoms with Crippen LogP contribution in [0.15, 0.2) is 52.3 Å². The standard InChI is InChI=1S/C19H23N3OS/c1-14-3-6-17(7-4-14)24-18-8-5-16(11-15(18)12-20-2)22-10-9-21-13-19(22)23/h3-8,11,20-21H,9-10,12-13H2,1-2H3. The molecule has 3 rings (SSSR count).